The van der Waals surface area contributed by atoms with Gasteiger partial charge in [0, 0.05) is 51.3 Å². The third-order valence-electron chi connectivity index (χ3n) is 4.33. The lowest BCUT2D eigenvalue weighted by atomic mass is 9.90. The summed E-state index contributed by atoms with van der Waals surface area (Å²) in [4.78, 5) is 24.0. The summed E-state index contributed by atoms with van der Waals surface area (Å²) >= 11 is 0. The van der Waals surface area contributed by atoms with Crippen LogP contribution in [0.3, 0.4) is 0 Å². The highest BCUT2D eigenvalue weighted by Gasteiger charge is 2.35. The predicted molar refractivity (Wildman–Crippen MR) is 91.6 cm³/mol. The molecule has 2 amide bonds. The first-order chi connectivity index (χ1) is 12.3. The van der Waals surface area contributed by atoms with E-state index in [4.69, 9.17) is 0 Å². The minimum absolute atomic E-state index is 0.00799. The molecule has 1 saturated heterocycles. The number of carbonyl (C=O) groups excluding carboxylic acids is 2. The Bertz CT molecular complexity index is 852. The fourth-order valence-electron chi connectivity index (χ4n) is 3.10. The molecular weight excluding hydrogens is 344 g/mol. The Balaban J connectivity index is 1.83. The van der Waals surface area contributed by atoms with Gasteiger partial charge in [-0.1, -0.05) is 0 Å². The third-order valence-corrected chi connectivity index (χ3v) is 4.33. The summed E-state index contributed by atoms with van der Waals surface area (Å²) in [5, 5.41) is 12.3. The van der Waals surface area contributed by atoms with Crippen LogP contribution in [0, 0.1) is 17.6 Å². The quantitative estimate of drug-likeness (QED) is 0.770. The molecule has 0 bridgehead atoms. The standard InChI is InChI=1S/C17H19F2N5O2/c1-9(25)22-15-3-13(18)14(19)4-16(15)23-17(26)12-7-20-6-11(12)10-5-21-24(2)8-10/h3-5,8,11-12,20H,6-7H2,1-2H3,(H,22,25)(H,23,26)/t11-,12+/m1/s1. The van der Waals surface area contributed by atoms with Crippen molar-refractivity contribution in [1.29, 1.82) is 0 Å². The van der Waals surface area contributed by atoms with Crippen molar-refractivity contribution in [2.45, 2.75) is 12.8 Å². The number of carbonyl (C=O) groups is 2. The van der Waals surface area contributed by atoms with E-state index in [1.54, 1.807) is 17.9 Å². The molecule has 1 aromatic carbocycles. The second-order valence-electron chi connectivity index (χ2n) is 6.30. The van der Waals surface area contributed by atoms with Crippen LogP contribution in [0.5, 0.6) is 0 Å². The number of benzene rings is 1. The molecule has 0 unspecified atom stereocenters. The largest absolute Gasteiger partial charge is 0.324 e. The summed E-state index contributed by atoms with van der Waals surface area (Å²) in [6.07, 6.45) is 3.55. The number of aromatic nitrogens is 2. The van der Waals surface area contributed by atoms with Gasteiger partial charge in [0.05, 0.1) is 23.5 Å². The molecule has 1 fully saturated rings. The van der Waals surface area contributed by atoms with E-state index in [0.29, 0.717) is 13.1 Å². The number of amides is 2. The highest BCUT2D eigenvalue weighted by Crippen LogP contribution is 2.31. The molecule has 138 valence electrons. The highest BCUT2D eigenvalue weighted by atomic mass is 19.2. The van der Waals surface area contributed by atoms with Gasteiger partial charge in [0.25, 0.3) is 0 Å². The lowest BCUT2D eigenvalue weighted by Crippen LogP contribution is -2.28. The second-order valence-corrected chi connectivity index (χ2v) is 6.30. The Morgan fingerprint density at radius 1 is 1.19 bits per heavy atom. The van der Waals surface area contributed by atoms with Crippen LogP contribution in [0.2, 0.25) is 0 Å². The molecule has 7 nitrogen and oxygen atoms in total. The van der Waals surface area contributed by atoms with E-state index in [0.717, 1.165) is 17.7 Å². The van der Waals surface area contributed by atoms with Gasteiger partial charge >= 0.3 is 0 Å². The first kappa shape index (κ1) is 18.0. The number of halogens is 2. The maximum Gasteiger partial charge on any atom is 0.229 e. The van der Waals surface area contributed by atoms with Gasteiger partial charge in [-0.2, -0.15) is 5.10 Å². The van der Waals surface area contributed by atoms with Gasteiger partial charge in [0.1, 0.15) is 0 Å². The van der Waals surface area contributed by atoms with Crippen LogP contribution >= 0.6 is 0 Å². The van der Waals surface area contributed by atoms with Crippen LogP contribution in [-0.4, -0.2) is 34.7 Å². The molecule has 1 aliphatic heterocycles. The van der Waals surface area contributed by atoms with E-state index in [-0.39, 0.29) is 23.2 Å². The zero-order valence-electron chi connectivity index (χ0n) is 14.3. The number of aryl methyl sites for hydroxylation is 1. The van der Waals surface area contributed by atoms with Crippen molar-refractivity contribution in [3.05, 3.63) is 41.7 Å². The molecule has 0 radical (unpaired) electrons. The van der Waals surface area contributed by atoms with Crippen LogP contribution in [0.4, 0.5) is 20.2 Å². The van der Waals surface area contributed by atoms with Crippen LogP contribution in [-0.2, 0) is 16.6 Å². The lowest BCUT2D eigenvalue weighted by molar-refractivity contribution is -0.119. The molecule has 0 spiro atoms. The van der Waals surface area contributed by atoms with Gasteiger partial charge in [-0.25, -0.2) is 8.78 Å². The number of hydrogen-bond donors (Lipinski definition) is 3. The smallest absolute Gasteiger partial charge is 0.229 e. The minimum Gasteiger partial charge on any atom is -0.324 e. The molecule has 9 heteroatoms. The fraction of sp³-hybridized carbons (Fsp3) is 0.353. The molecule has 26 heavy (non-hydrogen) atoms. The highest BCUT2D eigenvalue weighted by molar-refractivity contribution is 6.00. The molecule has 0 aliphatic carbocycles. The predicted octanol–water partition coefficient (Wildman–Crippen LogP) is 1.60. The summed E-state index contributed by atoms with van der Waals surface area (Å²) in [5.74, 6) is -3.51. The maximum absolute atomic E-state index is 13.6. The summed E-state index contributed by atoms with van der Waals surface area (Å²) in [5.41, 5.74) is 0.944. The van der Waals surface area contributed by atoms with Crippen molar-refractivity contribution in [2.75, 3.05) is 23.7 Å². The summed E-state index contributed by atoms with van der Waals surface area (Å²) in [7, 11) is 1.79. The molecule has 1 aromatic heterocycles. The van der Waals surface area contributed by atoms with Crippen molar-refractivity contribution in [1.82, 2.24) is 15.1 Å². The van der Waals surface area contributed by atoms with E-state index in [1.165, 1.54) is 6.92 Å². The van der Waals surface area contributed by atoms with Crippen molar-refractivity contribution < 1.29 is 18.4 Å². The number of rotatable bonds is 4. The lowest BCUT2D eigenvalue weighted by Gasteiger charge is -2.18. The van der Waals surface area contributed by atoms with Gasteiger partial charge in [-0.05, 0) is 5.56 Å². The van der Waals surface area contributed by atoms with Gasteiger partial charge in [0.15, 0.2) is 11.6 Å². The molecule has 0 saturated carbocycles. The Labute approximate surface area is 148 Å². The average molecular weight is 363 g/mol. The Kier molecular flexibility index (Phi) is 4.99. The third kappa shape index (κ3) is 3.72. The van der Waals surface area contributed by atoms with Crippen molar-refractivity contribution in [3.8, 4) is 0 Å². The van der Waals surface area contributed by atoms with Crippen molar-refractivity contribution in [3.63, 3.8) is 0 Å². The van der Waals surface area contributed by atoms with Gasteiger partial charge in [-0.15, -0.1) is 0 Å². The molecular formula is C17H19F2N5O2. The van der Waals surface area contributed by atoms with E-state index in [1.807, 2.05) is 6.20 Å². The maximum atomic E-state index is 13.6. The first-order valence-corrected chi connectivity index (χ1v) is 8.12. The number of nitrogens with zero attached hydrogens (tertiary/aromatic N) is 2. The Morgan fingerprint density at radius 3 is 2.42 bits per heavy atom. The molecule has 3 N–H and O–H groups in total. The Hall–Kier alpha value is -2.81. The van der Waals surface area contributed by atoms with Crippen LogP contribution in [0.25, 0.3) is 0 Å². The number of nitrogens with one attached hydrogen (secondary N) is 3. The van der Waals surface area contributed by atoms with Crippen LogP contribution in [0.1, 0.15) is 18.4 Å². The normalized spacial score (nSPS) is 19.4. The molecule has 1 aliphatic rings. The summed E-state index contributed by atoms with van der Waals surface area (Å²) in [6.45, 7) is 2.30. The average Bonchev–Trinajstić information content (AvgIpc) is 3.20. The van der Waals surface area contributed by atoms with Gasteiger partial charge in [-0.3, -0.25) is 14.3 Å². The summed E-state index contributed by atoms with van der Waals surface area (Å²) < 4.78 is 28.7. The minimum atomic E-state index is -1.11. The summed E-state index contributed by atoms with van der Waals surface area (Å²) in [6, 6.07) is 1.71. The van der Waals surface area contributed by atoms with Crippen molar-refractivity contribution in [2.24, 2.45) is 13.0 Å². The first-order valence-electron chi connectivity index (χ1n) is 8.12. The Morgan fingerprint density at radius 2 is 1.85 bits per heavy atom. The zero-order chi connectivity index (χ0) is 18.8. The number of anilines is 2. The molecule has 2 heterocycles. The van der Waals surface area contributed by atoms with Crippen LogP contribution in [0.15, 0.2) is 24.5 Å². The monoisotopic (exact) mass is 363 g/mol. The van der Waals surface area contributed by atoms with Crippen LogP contribution < -0.4 is 16.0 Å². The van der Waals surface area contributed by atoms with E-state index in [9.17, 15) is 18.4 Å². The SMILES string of the molecule is CC(=O)Nc1cc(F)c(F)cc1NC(=O)[C@H]1CNC[C@@H]1c1cnn(C)c1. The fourth-order valence-corrected chi connectivity index (χ4v) is 3.10. The number of hydrogen-bond acceptors (Lipinski definition) is 4. The molecule has 2 aromatic rings. The van der Waals surface area contributed by atoms with E-state index >= 15 is 0 Å². The topological polar surface area (TPSA) is 88.1 Å². The zero-order valence-corrected chi connectivity index (χ0v) is 14.3. The van der Waals surface area contributed by atoms with Crippen molar-refractivity contribution >= 4 is 23.2 Å². The second kappa shape index (κ2) is 7.20. The van der Waals surface area contributed by atoms with E-state index < -0.39 is 23.5 Å². The molecule has 2 atom stereocenters. The molecule has 3 rings (SSSR count). The van der Waals surface area contributed by atoms with Gasteiger partial charge < -0.3 is 16.0 Å². The van der Waals surface area contributed by atoms with Gasteiger partial charge in [0.2, 0.25) is 11.8 Å². The van der Waals surface area contributed by atoms with E-state index in [2.05, 4.69) is 21.0 Å².